The standard InChI is InChI=1S/C14H16N2S2/c1-3-11-10-17-18-14(11)13(4-2)15-16(18)12-8-6-5-7-9-12/h5-10H,3-4H2,1-2H3. The molecule has 2 aliphatic rings. The predicted molar refractivity (Wildman–Crippen MR) is 85.2 cm³/mol. The summed E-state index contributed by atoms with van der Waals surface area (Å²) < 4.78 is 2.19. The van der Waals surface area contributed by atoms with Crippen molar-refractivity contribution in [1.29, 1.82) is 0 Å². The predicted octanol–water partition coefficient (Wildman–Crippen LogP) is 4.58. The number of para-hydroxylation sites is 1. The maximum atomic E-state index is 4.82. The minimum absolute atomic E-state index is 0.0538. The molecule has 0 aliphatic carbocycles. The SMILES string of the molecule is CCC1=CSS2=C1C(CC)=NN2c1ccccc1. The fraction of sp³-hybridized carbons (Fsp3) is 0.286. The van der Waals surface area contributed by atoms with Crippen LogP contribution in [-0.2, 0) is 0 Å². The smallest absolute Gasteiger partial charge is 0.0774 e. The van der Waals surface area contributed by atoms with Gasteiger partial charge in [0.25, 0.3) is 0 Å². The largest absolute Gasteiger partial charge is 0.203 e. The fourth-order valence-electron chi connectivity index (χ4n) is 2.11. The summed E-state index contributed by atoms with van der Waals surface area (Å²) in [7, 11) is 1.96. The lowest BCUT2D eigenvalue weighted by atomic mass is 10.1. The zero-order valence-electron chi connectivity index (χ0n) is 10.6. The van der Waals surface area contributed by atoms with E-state index in [4.69, 9.17) is 5.10 Å². The van der Waals surface area contributed by atoms with Crippen LogP contribution in [0, 0.1) is 0 Å². The molecule has 0 amide bonds. The van der Waals surface area contributed by atoms with Gasteiger partial charge in [-0.1, -0.05) is 32.0 Å². The molecule has 0 N–H and O–H groups in total. The Hall–Kier alpha value is -1.00. The van der Waals surface area contributed by atoms with Gasteiger partial charge < -0.3 is 0 Å². The van der Waals surface area contributed by atoms with E-state index in [9.17, 15) is 0 Å². The molecule has 1 atom stereocenters. The monoisotopic (exact) mass is 276 g/mol. The van der Waals surface area contributed by atoms with Crippen molar-refractivity contribution >= 4 is 36.8 Å². The van der Waals surface area contributed by atoms with Crippen LogP contribution in [0.2, 0.25) is 0 Å². The molecule has 94 valence electrons. The molecule has 0 saturated heterocycles. The Kier molecular flexibility index (Phi) is 3.31. The highest BCUT2D eigenvalue weighted by molar-refractivity contribution is 8.86. The summed E-state index contributed by atoms with van der Waals surface area (Å²) in [4.78, 5) is 1.48. The van der Waals surface area contributed by atoms with Gasteiger partial charge in [-0.2, -0.15) is 5.10 Å². The van der Waals surface area contributed by atoms with Gasteiger partial charge in [-0.15, -0.1) is 0 Å². The first-order chi connectivity index (χ1) is 8.85. The lowest BCUT2D eigenvalue weighted by molar-refractivity contribution is 1.17. The molecule has 2 aliphatic heterocycles. The first-order valence-electron chi connectivity index (χ1n) is 6.26. The van der Waals surface area contributed by atoms with Crippen molar-refractivity contribution in [2.75, 3.05) is 4.41 Å². The van der Waals surface area contributed by atoms with Crippen LogP contribution in [0.3, 0.4) is 0 Å². The van der Waals surface area contributed by atoms with Gasteiger partial charge in [0.2, 0.25) is 0 Å². The molecule has 0 fully saturated rings. The van der Waals surface area contributed by atoms with Gasteiger partial charge in [-0.25, -0.2) is 4.41 Å². The van der Waals surface area contributed by atoms with E-state index in [0.717, 1.165) is 12.8 Å². The van der Waals surface area contributed by atoms with Gasteiger partial charge in [-0.05, 0) is 46.7 Å². The molecule has 1 aromatic carbocycles. The number of allylic oxidation sites excluding steroid dienone is 1. The maximum Gasteiger partial charge on any atom is 0.0774 e. The van der Waals surface area contributed by atoms with Crippen LogP contribution in [0.5, 0.6) is 0 Å². The second kappa shape index (κ2) is 4.94. The van der Waals surface area contributed by atoms with Crippen molar-refractivity contribution in [1.82, 2.24) is 0 Å². The zero-order chi connectivity index (χ0) is 12.5. The number of benzene rings is 1. The highest BCUT2D eigenvalue weighted by Crippen LogP contribution is 2.50. The Balaban J connectivity index is 2.04. The Morgan fingerprint density at radius 2 is 1.94 bits per heavy atom. The van der Waals surface area contributed by atoms with E-state index in [1.165, 1.54) is 21.8 Å². The van der Waals surface area contributed by atoms with E-state index in [1.54, 1.807) is 0 Å². The number of anilines is 1. The van der Waals surface area contributed by atoms with E-state index < -0.39 is 0 Å². The second-order valence-corrected chi connectivity index (χ2v) is 7.39. The Bertz CT molecular complexity index is 558. The van der Waals surface area contributed by atoms with Crippen LogP contribution in [0.25, 0.3) is 0 Å². The van der Waals surface area contributed by atoms with E-state index >= 15 is 0 Å². The van der Waals surface area contributed by atoms with E-state index in [1.807, 2.05) is 10.8 Å². The highest BCUT2D eigenvalue weighted by atomic mass is 33.1. The Labute approximate surface area is 114 Å². The van der Waals surface area contributed by atoms with Crippen molar-refractivity contribution in [3.05, 3.63) is 41.3 Å². The topological polar surface area (TPSA) is 15.6 Å². The Morgan fingerprint density at radius 1 is 1.17 bits per heavy atom. The van der Waals surface area contributed by atoms with Crippen LogP contribution in [-0.4, -0.2) is 10.6 Å². The summed E-state index contributed by atoms with van der Waals surface area (Å²) >= 11 is 0. The summed E-state index contributed by atoms with van der Waals surface area (Å²) in [5.74, 6) is 0. The van der Waals surface area contributed by atoms with Crippen molar-refractivity contribution in [2.24, 2.45) is 5.10 Å². The molecule has 0 aromatic heterocycles. The van der Waals surface area contributed by atoms with Crippen LogP contribution in [0.15, 0.2) is 46.4 Å². The summed E-state index contributed by atoms with van der Waals surface area (Å²) in [5, 5.41) is 7.14. The Morgan fingerprint density at radius 3 is 2.61 bits per heavy atom. The number of nitrogens with zero attached hydrogens (tertiary/aromatic N) is 2. The molecule has 1 aromatic rings. The lowest BCUT2D eigenvalue weighted by Crippen LogP contribution is -2.10. The number of hydrazone groups is 1. The molecule has 0 spiro atoms. The highest BCUT2D eigenvalue weighted by Gasteiger charge is 2.30. The van der Waals surface area contributed by atoms with Gasteiger partial charge in [0, 0.05) is 9.70 Å². The zero-order valence-corrected chi connectivity index (χ0v) is 12.2. The van der Waals surface area contributed by atoms with Crippen molar-refractivity contribution in [3.8, 4) is 0 Å². The van der Waals surface area contributed by atoms with Gasteiger partial charge >= 0.3 is 0 Å². The van der Waals surface area contributed by atoms with Gasteiger partial charge in [-0.3, -0.25) is 0 Å². The molecule has 18 heavy (non-hydrogen) atoms. The normalized spacial score (nSPS) is 22.0. The molecule has 4 heteroatoms. The second-order valence-electron chi connectivity index (χ2n) is 4.18. The average Bonchev–Trinajstić information content (AvgIpc) is 2.99. The number of hydrogen-bond donors (Lipinski definition) is 0. The maximum absolute atomic E-state index is 4.82. The minimum Gasteiger partial charge on any atom is -0.203 e. The number of rotatable bonds is 3. The third-order valence-corrected chi connectivity index (χ3v) is 6.85. The molecule has 0 saturated carbocycles. The first-order valence-corrected chi connectivity index (χ1v) is 8.84. The van der Waals surface area contributed by atoms with Crippen molar-refractivity contribution in [2.45, 2.75) is 26.7 Å². The molecule has 2 nitrogen and oxygen atoms in total. The van der Waals surface area contributed by atoms with Gasteiger partial charge in [0.15, 0.2) is 0 Å². The molecule has 1 unspecified atom stereocenters. The van der Waals surface area contributed by atoms with E-state index in [-0.39, 0.29) is 9.70 Å². The van der Waals surface area contributed by atoms with Crippen LogP contribution < -0.4 is 4.41 Å². The third-order valence-electron chi connectivity index (χ3n) is 3.07. The quantitative estimate of drug-likeness (QED) is 0.593. The lowest BCUT2D eigenvalue weighted by Gasteiger charge is -2.16. The van der Waals surface area contributed by atoms with Crippen LogP contribution >= 0.6 is 20.5 Å². The van der Waals surface area contributed by atoms with Crippen LogP contribution in [0.4, 0.5) is 5.69 Å². The van der Waals surface area contributed by atoms with Crippen molar-refractivity contribution in [3.63, 3.8) is 0 Å². The molecule has 0 radical (unpaired) electrons. The van der Waals surface area contributed by atoms with Crippen molar-refractivity contribution < 1.29 is 0 Å². The molecule has 3 rings (SSSR count). The number of hydrogen-bond acceptors (Lipinski definition) is 3. The summed E-state index contributed by atoms with van der Waals surface area (Å²) in [6.07, 6.45) is 2.12. The van der Waals surface area contributed by atoms with E-state index in [2.05, 4.69) is 54.0 Å². The average molecular weight is 276 g/mol. The first kappa shape index (κ1) is 12.1. The van der Waals surface area contributed by atoms with E-state index in [0.29, 0.717) is 0 Å². The molecular formula is C14H16N2S2. The third kappa shape index (κ3) is 1.84. The van der Waals surface area contributed by atoms with Gasteiger partial charge in [0.05, 0.1) is 16.3 Å². The summed E-state index contributed by atoms with van der Waals surface area (Å²) in [6, 6.07) is 10.5. The molecular weight excluding hydrogens is 260 g/mol. The van der Waals surface area contributed by atoms with Crippen LogP contribution in [0.1, 0.15) is 26.7 Å². The molecule has 0 bridgehead atoms. The molecule has 2 heterocycles. The summed E-state index contributed by atoms with van der Waals surface area (Å²) in [5.41, 5.74) is 3.93. The summed E-state index contributed by atoms with van der Waals surface area (Å²) in [6.45, 7) is 4.42. The fourth-order valence-corrected chi connectivity index (χ4v) is 6.45. The minimum atomic E-state index is 0.0538. The van der Waals surface area contributed by atoms with Gasteiger partial charge in [0.1, 0.15) is 0 Å².